The molecule has 2 bridgehead atoms. The first-order chi connectivity index (χ1) is 22.7. The fourth-order valence-electron chi connectivity index (χ4n) is 7.17. The molecule has 2 amide bonds. The molecule has 0 radical (unpaired) electrons. The molecule has 1 aliphatic carbocycles. The van der Waals surface area contributed by atoms with Crippen LogP contribution in [0, 0.1) is 25.6 Å². The van der Waals surface area contributed by atoms with Crippen molar-refractivity contribution in [2.75, 3.05) is 11.9 Å². The highest BCUT2D eigenvalue weighted by Gasteiger charge is 2.46. The smallest absolute Gasteiger partial charge is 0.411 e. The number of fused-ring (bicyclic) bond motifs is 4. The number of nitrogens with zero attached hydrogens (tertiary/aromatic N) is 6. The van der Waals surface area contributed by atoms with E-state index in [1.165, 1.54) is 9.13 Å². The Balaban J connectivity index is 1.37. The maximum absolute atomic E-state index is 14.8. The first kappa shape index (κ1) is 32.2. The number of carbonyl (C=O) groups excluding carboxylic acids is 2. The minimum Gasteiger partial charge on any atom is -0.444 e. The minimum atomic E-state index is -0.674. The van der Waals surface area contributed by atoms with Crippen molar-refractivity contribution in [2.45, 2.75) is 90.8 Å². The number of rotatable bonds is 5. The molecule has 0 N–H and O–H groups in total. The van der Waals surface area contributed by atoms with Gasteiger partial charge in [-0.2, -0.15) is 5.10 Å². The number of halogens is 2. The average Bonchev–Trinajstić information content (AvgIpc) is 3.71. The van der Waals surface area contributed by atoms with Gasteiger partial charge < -0.3 is 9.64 Å². The van der Waals surface area contributed by atoms with E-state index < -0.39 is 5.60 Å². The predicted molar refractivity (Wildman–Crippen MR) is 181 cm³/mol. The fourth-order valence-corrected chi connectivity index (χ4v) is 7.47. The molecule has 2 aromatic carbocycles. The highest BCUT2D eigenvalue weighted by Crippen LogP contribution is 2.45. The van der Waals surface area contributed by atoms with E-state index in [9.17, 15) is 18.8 Å². The van der Waals surface area contributed by atoms with Gasteiger partial charge in [0.1, 0.15) is 17.2 Å². The third kappa shape index (κ3) is 5.51. The van der Waals surface area contributed by atoms with Crippen LogP contribution in [0.1, 0.15) is 81.3 Å². The van der Waals surface area contributed by atoms with Crippen LogP contribution in [0.4, 0.5) is 14.9 Å². The molecule has 10 nitrogen and oxygen atoms in total. The quantitative estimate of drug-likeness (QED) is 0.228. The van der Waals surface area contributed by atoms with Crippen molar-refractivity contribution in [3.63, 3.8) is 0 Å². The summed E-state index contributed by atoms with van der Waals surface area (Å²) in [6, 6.07) is 8.18. The standard InChI is InChI=1S/C36H40ClFN6O4/c1-20-16-25(17-21(2)31(20)38)44-32(30-27(39-44)19-24-8-7-9-29(30)43(24)35(47)48-36(3,4)5)42-15-14-41(34(42)46)23-12-13-28(26(37)18-23)40(6)33(45)22-10-11-22/h12-18,22,24,29H,7-11,19H2,1-6H3/t24-,29+/m1/s1. The monoisotopic (exact) mass is 674 g/mol. The molecule has 3 aliphatic rings. The van der Waals surface area contributed by atoms with Crippen LogP contribution in [0.5, 0.6) is 0 Å². The summed E-state index contributed by atoms with van der Waals surface area (Å²) in [6.07, 6.45) is 7.64. The molecule has 0 spiro atoms. The molecule has 4 heterocycles. The molecule has 12 heteroatoms. The van der Waals surface area contributed by atoms with Gasteiger partial charge in [0.05, 0.1) is 33.8 Å². The number of imidazole rings is 1. The third-order valence-electron chi connectivity index (χ3n) is 9.58. The van der Waals surface area contributed by atoms with E-state index in [2.05, 4.69) is 0 Å². The lowest BCUT2D eigenvalue weighted by Gasteiger charge is -2.45. The van der Waals surface area contributed by atoms with Gasteiger partial charge in [-0.15, -0.1) is 0 Å². The van der Waals surface area contributed by atoms with Crippen LogP contribution in [0.15, 0.2) is 47.5 Å². The van der Waals surface area contributed by atoms with E-state index in [0.717, 1.165) is 36.9 Å². The van der Waals surface area contributed by atoms with Crippen LogP contribution >= 0.6 is 11.6 Å². The Morgan fingerprint density at radius 1 is 1.00 bits per heavy atom. The minimum absolute atomic E-state index is 0.0302. The molecule has 48 heavy (non-hydrogen) atoms. The molecule has 1 saturated carbocycles. The maximum Gasteiger partial charge on any atom is 0.411 e. The molecule has 7 rings (SSSR count). The summed E-state index contributed by atoms with van der Waals surface area (Å²) in [7, 11) is 1.71. The molecule has 4 aromatic rings. The number of aromatic nitrogens is 4. The number of aryl methyl sites for hydroxylation is 2. The van der Waals surface area contributed by atoms with Gasteiger partial charge in [-0.3, -0.25) is 18.8 Å². The molecule has 0 unspecified atom stereocenters. The number of hydrogen-bond donors (Lipinski definition) is 0. The van der Waals surface area contributed by atoms with Crippen molar-refractivity contribution in [3.8, 4) is 17.2 Å². The Kier molecular flexibility index (Phi) is 7.81. The van der Waals surface area contributed by atoms with E-state index in [-0.39, 0.29) is 41.5 Å². The highest BCUT2D eigenvalue weighted by atomic mass is 35.5. The number of carbonyl (C=O) groups is 2. The summed E-state index contributed by atoms with van der Waals surface area (Å²) in [5.74, 6) is 0.271. The second kappa shape index (κ2) is 11.6. The van der Waals surface area contributed by atoms with E-state index in [4.69, 9.17) is 21.4 Å². The summed E-state index contributed by atoms with van der Waals surface area (Å²) in [6.45, 7) is 8.96. The number of amides is 2. The molecule has 2 aliphatic heterocycles. The third-order valence-corrected chi connectivity index (χ3v) is 9.89. The number of anilines is 1. The summed E-state index contributed by atoms with van der Waals surface area (Å²) in [4.78, 5) is 44.1. The van der Waals surface area contributed by atoms with Crippen LogP contribution < -0.4 is 10.6 Å². The zero-order chi connectivity index (χ0) is 34.2. The number of benzene rings is 2. The molecule has 1 saturated heterocycles. The average molecular weight is 675 g/mol. The summed E-state index contributed by atoms with van der Waals surface area (Å²) >= 11 is 6.68. The maximum atomic E-state index is 14.8. The first-order valence-corrected chi connectivity index (χ1v) is 16.9. The highest BCUT2D eigenvalue weighted by molar-refractivity contribution is 6.34. The summed E-state index contributed by atoms with van der Waals surface area (Å²) in [5, 5.41) is 5.40. The lowest BCUT2D eigenvalue weighted by molar-refractivity contribution is -0.119. The second-order valence-corrected chi connectivity index (χ2v) is 14.7. The van der Waals surface area contributed by atoms with Crippen LogP contribution in [-0.2, 0) is 16.0 Å². The second-order valence-electron chi connectivity index (χ2n) is 14.3. The van der Waals surface area contributed by atoms with Crippen LogP contribution in [0.3, 0.4) is 0 Å². The van der Waals surface area contributed by atoms with Gasteiger partial charge in [-0.25, -0.2) is 18.7 Å². The predicted octanol–water partition coefficient (Wildman–Crippen LogP) is 6.98. The fraction of sp³-hybridized carbons (Fsp3) is 0.444. The van der Waals surface area contributed by atoms with Gasteiger partial charge in [0.15, 0.2) is 0 Å². The lowest BCUT2D eigenvalue weighted by Crippen LogP contribution is -2.51. The van der Waals surface area contributed by atoms with Gasteiger partial charge >= 0.3 is 11.8 Å². The Labute approximate surface area is 283 Å². The Bertz CT molecular complexity index is 2000. The molecular formula is C36H40ClFN6O4. The SMILES string of the molecule is Cc1cc(-n2nc3c(c2-n2ccn(-c4ccc(N(C)C(=O)C5CC5)c(Cl)c4)c2=O)[C@@H]2CCC[C@H](C3)N2C(=O)OC(C)(C)C)cc(C)c1F. The first-order valence-electron chi connectivity index (χ1n) is 16.5. The van der Waals surface area contributed by atoms with E-state index in [1.807, 2.05) is 25.7 Å². The Hall–Kier alpha value is -4.38. The van der Waals surface area contributed by atoms with Crippen molar-refractivity contribution < 1.29 is 18.7 Å². The topological polar surface area (TPSA) is 94.6 Å². The summed E-state index contributed by atoms with van der Waals surface area (Å²) in [5.41, 5.74) is 3.18. The largest absolute Gasteiger partial charge is 0.444 e. The molecular weight excluding hydrogens is 635 g/mol. The van der Waals surface area contributed by atoms with Gasteiger partial charge in [0, 0.05) is 43.4 Å². The Morgan fingerprint density at radius 3 is 2.33 bits per heavy atom. The van der Waals surface area contributed by atoms with Gasteiger partial charge in [-0.05, 0) is 108 Å². The van der Waals surface area contributed by atoms with Crippen molar-refractivity contribution >= 4 is 29.3 Å². The van der Waals surface area contributed by atoms with Crippen molar-refractivity contribution in [3.05, 3.63) is 86.4 Å². The Morgan fingerprint density at radius 2 is 1.69 bits per heavy atom. The number of piperidine rings is 1. The lowest BCUT2D eigenvalue weighted by atomic mass is 9.83. The zero-order valence-corrected chi connectivity index (χ0v) is 28.8. The molecule has 2 aromatic heterocycles. The molecule has 2 atom stereocenters. The number of hydrogen-bond acceptors (Lipinski definition) is 5. The van der Waals surface area contributed by atoms with Gasteiger partial charge in [-0.1, -0.05) is 11.6 Å². The van der Waals surface area contributed by atoms with Crippen LogP contribution in [-0.4, -0.2) is 54.5 Å². The van der Waals surface area contributed by atoms with Crippen molar-refractivity contribution in [1.29, 1.82) is 0 Å². The van der Waals surface area contributed by atoms with E-state index in [1.54, 1.807) is 73.2 Å². The van der Waals surface area contributed by atoms with Gasteiger partial charge in [0.2, 0.25) is 5.91 Å². The normalized spacial score (nSPS) is 18.9. The van der Waals surface area contributed by atoms with Gasteiger partial charge in [0.25, 0.3) is 0 Å². The molecule has 2 fully saturated rings. The van der Waals surface area contributed by atoms with E-state index in [0.29, 0.717) is 51.9 Å². The molecule has 252 valence electrons. The van der Waals surface area contributed by atoms with Crippen LogP contribution in [0.25, 0.3) is 17.2 Å². The van der Waals surface area contributed by atoms with E-state index >= 15 is 0 Å². The van der Waals surface area contributed by atoms with Crippen molar-refractivity contribution in [1.82, 2.24) is 23.8 Å². The number of ether oxygens (including phenoxy) is 1. The van der Waals surface area contributed by atoms with Crippen LogP contribution in [0.2, 0.25) is 5.02 Å². The summed E-state index contributed by atoms with van der Waals surface area (Å²) < 4.78 is 25.4. The zero-order valence-electron chi connectivity index (χ0n) is 28.1. The van der Waals surface area contributed by atoms with Crippen molar-refractivity contribution in [2.24, 2.45) is 5.92 Å².